The Morgan fingerprint density at radius 1 is 1.19 bits per heavy atom. The lowest BCUT2D eigenvalue weighted by Crippen LogP contribution is -2.39. The molecule has 0 radical (unpaired) electrons. The molecule has 3 rings (SSSR count). The van der Waals surface area contributed by atoms with E-state index >= 15 is 0 Å². The van der Waals surface area contributed by atoms with Gasteiger partial charge in [-0.15, -0.1) is 0 Å². The highest BCUT2D eigenvalue weighted by Gasteiger charge is 2.35. The summed E-state index contributed by atoms with van der Waals surface area (Å²) in [5.41, 5.74) is 6.32. The summed E-state index contributed by atoms with van der Waals surface area (Å²) in [5.74, 6) is -1.60. The Kier molecular flexibility index (Phi) is 5.11. The molecule has 2 aromatic rings. The lowest BCUT2D eigenvalue weighted by Gasteiger charge is -2.20. The summed E-state index contributed by atoms with van der Waals surface area (Å²) in [6.07, 6.45) is 0.0176. The van der Waals surface area contributed by atoms with Crippen molar-refractivity contribution in [2.75, 3.05) is 10.3 Å². The van der Waals surface area contributed by atoms with Gasteiger partial charge in [0.25, 0.3) is 5.91 Å². The molecule has 0 saturated heterocycles. The standard InChI is InChI=1S/C17H13Cl2FN4O2/c18-9-1-6-13(12(19)7-9)22-17(26)14-8-15(16(21)25)24(23-14)11-4-2-10(20)3-5-11/h1-7,15H,8H2,(H2,21,25)(H,22,26). The third kappa shape index (κ3) is 3.79. The van der Waals surface area contributed by atoms with E-state index in [1.54, 1.807) is 12.1 Å². The third-order valence-electron chi connectivity index (χ3n) is 3.77. The van der Waals surface area contributed by atoms with Gasteiger partial charge in [-0.05, 0) is 42.5 Å². The van der Waals surface area contributed by atoms with Gasteiger partial charge >= 0.3 is 0 Å². The first-order valence-corrected chi connectivity index (χ1v) is 8.29. The molecule has 0 fully saturated rings. The van der Waals surface area contributed by atoms with Gasteiger partial charge in [-0.1, -0.05) is 23.2 Å². The molecule has 134 valence electrons. The van der Waals surface area contributed by atoms with Crippen LogP contribution >= 0.6 is 23.2 Å². The molecule has 0 aliphatic carbocycles. The number of anilines is 2. The van der Waals surface area contributed by atoms with Crippen molar-refractivity contribution in [1.29, 1.82) is 0 Å². The van der Waals surface area contributed by atoms with Crippen molar-refractivity contribution in [2.45, 2.75) is 12.5 Å². The molecule has 6 nitrogen and oxygen atoms in total. The van der Waals surface area contributed by atoms with E-state index in [1.165, 1.54) is 35.3 Å². The van der Waals surface area contributed by atoms with Crippen LogP contribution in [0.3, 0.4) is 0 Å². The number of hydrazone groups is 1. The Hall–Kier alpha value is -2.64. The molecule has 1 aliphatic rings. The minimum Gasteiger partial charge on any atom is -0.368 e. The number of nitrogens with two attached hydrogens (primary N) is 1. The third-order valence-corrected chi connectivity index (χ3v) is 4.32. The number of benzene rings is 2. The van der Waals surface area contributed by atoms with E-state index in [4.69, 9.17) is 28.9 Å². The normalized spacial score (nSPS) is 16.3. The van der Waals surface area contributed by atoms with Crippen molar-refractivity contribution >= 4 is 52.1 Å². The zero-order valence-corrected chi connectivity index (χ0v) is 14.8. The summed E-state index contributed by atoms with van der Waals surface area (Å²) < 4.78 is 13.1. The number of hydrogen-bond donors (Lipinski definition) is 2. The molecule has 1 heterocycles. The highest BCUT2D eigenvalue weighted by molar-refractivity contribution is 6.45. The average Bonchev–Trinajstić information content (AvgIpc) is 3.04. The fourth-order valence-corrected chi connectivity index (χ4v) is 2.94. The van der Waals surface area contributed by atoms with Gasteiger partial charge in [0, 0.05) is 11.4 Å². The summed E-state index contributed by atoms with van der Waals surface area (Å²) in [4.78, 5) is 24.2. The van der Waals surface area contributed by atoms with Gasteiger partial charge in [0.1, 0.15) is 17.6 Å². The van der Waals surface area contributed by atoms with Gasteiger partial charge in [0.05, 0.1) is 16.4 Å². The van der Waals surface area contributed by atoms with Gasteiger partial charge in [-0.25, -0.2) is 4.39 Å². The van der Waals surface area contributed by atoms with E-state index < -0.39 is 23.7 Å². The van der Waals surface area contributed by atoms with Crippen LogP contribution in [0.25, 0.3) is 0 Å². The van der Waals surface area contributed by atoms with E-state index in [2.05, 4.69) is 10.4 Å². The van der Waals surface area contributed by atoms with Crippen LogP contribution in [-0.2, 0) is 9.59 Å². The highest BCUT2D eigenvalue weighted by atomic mass is 35.5. The quantitative estimate of drug-likeness (QED) is 0.834. The van der Waals surface area contributed by atoms with Gasteiger partial charge in [0.2, 0.25) is 5.91 Å². The zero-order chi connectivity index (χ0) is 18.8. The van der Waals surface area contributed by atoms with Crippen molar-refractivity contribution in [3.05, 3.63) is 58.3 Å². The van der Waals surface area contributed by atoms with Crippen LogP contribution in [0.1, 0.15) is 6.42 Å². The number of nitrogens with one attached hydrogen (secondary N) is 1. The van der Waals surface area contributed by atoms with Crippen molar-refractivity contribution in [3.63, 3.8) is 0 Å². The molecule has 3 N–H and O–H groups in total. The molecular formula is C17H13Cl2FN4O2. The number of rotatable bonds is 4. The summed E-state index contributed by atoms with van der Waals surface area (Å²) in [6.45, 7) is 0. The Morgan fingerprint density at radius 3 is 2.50 bits per heavy atom. The topological polar surface area (TPSA) is 87.8 Å². The number of halogens is 3. The predicted octanol–water partition coefficient (Wildman–Crippen LogP) is 3.19. The van der Waals surface area contributed by atoms with Crippen LogP contribution in [0, 0.1) is 5.82 Å². The fraction of sp³-hybridized carbons (Fsp3) is 0.118. The first-order valence-electron chi connectivity index (χ1n) is 7.53. The molecule has 0 spiro atoms. The van der Waals surface area contributed by atoms with E-state index in [0.717, 1.165) is 0 Å². The lowest BCUT2D eigenvalue weighted by atomic mass is 10.1. The predicted molar refractivity (Wildman–Crippen MR) is 99.0 cm³/mol. The van der Waals surface area contributed by atoms with Crippen LogP contribution in [0.15, 0.2) is 47.6 Å². The molecule has 2 aromatic carbocycles. The van der Waals surface area contributed by atoms with Gasteiger partial charge in [-0.3, -0.25) is 14.6 Å². The van der Waals surface area contributed by atoms with E-state index in [1.807, 2.05) is 0 Å². The molecule has 1 atom stereocenters. The fourth-order valence-electron chi connectivity index (χ4n) is 2.49. The number of hydrogen-bond acceptors (Lipinski definition) is 4. The number of carbonyl (C=O) groups excluding carboxylic acids is 2. The minimum absolute atomic E-state index is 0.0176. The molecule has 0 bridgehead atoms. The number of nitrogens with zero attached hydrogens (tertiary/aromatic N) is 2. The van der Waals surface area contributed by atoms with E-state index in [-0.39, 0.29) is 17.2 Å². The zero-order valence-electron chi connectivity index (χ0n) is 13.2. The lowest BCUT2D eigenvalue weighted by molar-refractivity contribution is -0.119. The van der Waals surface area contributed by atoms with E-state index in [0.29, 0.717) is 16.4 Å². The largest absolute Gasteiger partial charge is 0.368 e. The highest BCUT2D eigenvalue weighted by Crippen LogP contribution is 2.28. The van der Waals surface area contributed by atoms with Crippen molar-refractivity contribution in [1.82, 2.24) is 0 Å². The maximum absolute atomic E-state index is 13.1. The number of amides is 2. The summed E-state index contributed by atoms with van der Waals surface area (Å²) in [5, 5.41) is 8.81. The second-order valence-corrected chi connectivity index (χ2v) is 6.41. The summed E-state index contributed by atoms with van der Waals surface area (Å²) in [6, 6.07) is 9.15. The van der Waals surface area contributed by atoms with Crippen molar-refractivity contribution in [2.24, 2.45) is 10.8 Å². The van der Waals surface area contributed by atoms with Gasteiger partial charge in [-0.2, -0.15) is 5.10 Å². The molecule has 1 unspecified atom stereocenters. The minimum atomic E-state index is -0.845. The van der Waals surface area contributed by atoms with Crippen molar-refractivity contribution < 1.29 is 14.0 Å². The monoisotopic (exact) mass is 394 g/mol. The van der Waals surface area contributed by atoms with Crippen LogP contribution < -0.4 is 16.1 Å². The Labute approximate surface area is 158 Å². The van der Waals surface area contributed by atoms with Crippen molar-refractivity contribution in [3.8, 4) is 0 Å². The second kappa shape index (κ2) is 7.31. The first kappa shape index (κ1) is 18.2. The maximum Gasteiger partial charge on any atom is 0.272 e. The molecule has 9 heteroatoms. The molecule has 26 heavy (non-hydrogen) atoms. The first-order chi connectivity index (χ1) is 12.3. The molecule has 1 aliphatic heterocycles. The van der Waals surface area contributed by atoms with Crippen LogP contribution in [0.5, 0.6) is 0 Å². The number of carbonyl (C=O) groups is 2. The smallest absolute Gasteiger partial charge is 0.272 e. The molecular weight excluding hydrogens is 382 g/mol. The van der Waals surface area contributed by atoms with Crippen LogP contribution in [0.4, 0.5) is 15.8 Å². The number of primary amides is 1. The second-order valence-electron chi connectivity index (χ2n) is 5.57. The molecule has 0 saturated carbocycles. The van der Waals surface area contributed by atoms with Crippen LogP contribution in [0.2, 0.25) is 10.0 Å². The SMILES string of the molecule is NC(=O)C1CC(C(=O)Nc2ccc(Cl)cc2Cl)=NN1c1ccc(F)cc1. The Bertz CT molecular complexity index is 902. The average molecular weight is 395 g/mol. The summed E-state index contributed by atoms with van der Waals surface area (Å²) in [7, 11) is 0. The van der Waals surface area contributed by atoms with Crippen LogP contribution in [-0.4, -0.2) is 23.6 Å². The Balaban J connectivity index is 1.84. The summed E-state index contributed by atoms with van der Waals surface area (Å²) >= 11 is 11.9. The van der Waals surface area contributed by atoms with Gasteiger partial charge < -0.3 is 11.1 Å². The van der Waals surface area contributed by atoms with E-state index in [9.17, 15) is 14.0 Å². The molecule has 2 amide bonds. The molecule has 0 aromatic heterocycles. The van der Waals surface area contributed by atoms with Gasteiger partial charge in [0.15, 0.2) is 0 Å². The Morgan fingerprint density at radius 2 is 1.88 bits per heavy atom. The maximum atomic E-state index is 13.1.